The highest BCUT2D eigenvalue weighted by Crippen LogP contribution is 2.09. The number of carbonyl (C=O) groups is 2. The van der Waals surface area contributed by atoms with Crippen LogP contribution in [0.5, 0.6) is 0 Å². The van der Waals surface area contributed by atoms with E-state index in [1.54, 1.807) is 11.3 Å². The first-order valence-corrected chi connectivity index (χ1v) is 7.73. The van der Waals surface area contributed by atoms with Crippen molar-refractivity contribution in [3.63, 3.8) is 0 Å². The Kier molecular flexibility index (Phi) is 6.00. The van der Waals surface area contributed by atoms with Crippen molar-refractivity contribution in [1.82, 2.24) is 5.32 Å². The smallest absolute Gasteiger partial charge is 0.327 e. The van der Waals surface area contributed by atoms with Crippen LogP contribution in [0, 0.1) is 0 Å². The molecule has 0 spiro atoms. The molecule has 18 heavy (non-hydrogen) atoms. The number of thiophene rings is 1. The molecule has 0 aliphatic carbocycles. The average Bonchev–Trinajstić information content (AvgIpc) is 2.77. The van der Waals surface area contributed by atoms with E-state index in [9.17, 15) is 13.8 Å². The lowest BCUT2D eigenvalue weighted by atomic mass is 10.3. The number of carboxylic acids is 1. The summed E-state index contributed by atoms with van der Waals surface area (Å²) in [6.45, 7) is 1.24. The predicted octanol–water partition coefficient (Wildman–Crippen LogP) is 0.629. The number of carbonyl (C=O) groups excluding carboxylic acids is 1. The lowest BCUT2D eigenvalue weighted by Crippen LogP contribution is -2.43. The van der Waals surface area contributed by atoms with E-state index < -0.39 is 28.7 Å². The van der Waals surface area contributed by atoms with Crippen LogP contribution in [0.4, 0.5) is 0 Å². The number of hydrogen-bond donors (Lipinski definition) is 2. The fraction of sp³-hybridized carbons (Fsp3) is 0.455. The van der Waals surface area contributed by atoms with E-state index in [2.05, 4.69) is 5.32 Å². The number of amides is 1. The van der Waals surface area contributed by atoms with Gasteiger partial charge >= 0.3 is 5.97 Å². The van der Waals surface area contributed by atoms with Crippen LogP contribution in [0.1, 0.15) is 11.8 Å². The van der Waals surface area contributed by atoms with Gasteiger partial charge in [0.1, 0.15) is 6.04 Å². The molecule has 2 N–H and O–H groups in total. The number of rotatable bonds is 7. The Bertz CT molecular complexity index is 430. The summed E-state index contributed by atoms with van der Waals surface area (Å²) in [6.07, 6.45) is 0.663. The molecule has 7 heteroatoms. The monoisotopic (exact) mass is 289 g/mol. The zero-order valence-corrected chi connectivity index (χ0v) is 11.6. The van der Waals surface area contributed by atoms with Gasteiger partial charge in [0, 0.05) is 28.4 Å². The number of hydrogen-bond acceptors (Lipinski definition) is 4. The SMILES string of the molecule is CC(=O)N[C@@H](CS(=O)CCc1cccs1)C(=O)O. The maximum atomic E-state index is 11.7. The first-order chi connectivity index (χ1) is 8.49. The van der Waals surface area contributed by atoms with Gasteiger partial charge in [0.05, 0.1) is 5.75 Å². The van der Waals surface area contributed by atoms with Gasteiger partial charge in [-0.25, -0.2) is 4.79 Å². The zero-order chi connectivity index (χ0) is 13.5. The summed E-state index contributed by atoms with van der Waals surface area (Å²) in [6, 6.07) is 2.79. The van der Waals surface area contributed by atoms with E-state index in [1.807, 2.05) is 17.5 Å². The second kappa shape index (κ2) is 7.27. The minimum absolute atomic E-state index is 0.0553. The second-order valence-electron chi connectivity index (χ2n) is 3.73. The van der Waals surface area contributed by atoms with Crippen molar-refractivity contribution in [2.45, 2.75) is 19.4 Å². The van der Waals surface area contributed by atoms with Crippen molar-refractivity contribution in [2.75, 3.05) is 11.5 Å². The Morgan fingerprint density at radius 2 is 2.28 bits per heavy atom. The molecule has 0 saturated carbocycles. The van der Waals surface area contributed by atoms with Crippen LogP contribution in [-0.4, -0.2) is 38.7 Å². The normalized spacial score (nSPS) is 13.8. The summed E-state index contributed by atoms with van der Waals surface area (Å²) in [4.78, 5) is 22.8. The second-order valence-corrected chi connectivity index (χ2v) is 6.38. The van der Waals surface area contributed by atoms with E-state index in [-0.39, 0.29) is 5.75 Å². The molecule has 0 saturated heterocycles. The van der Waals surface area contributed by atoms with E-state index >= 15 is 0 Å². The third kappa shape index (κ3) is 5.42. The molecule has 0 fully saturated rings. The molecule has 2 atom stereocenters. The summed E-state index contributed by atoms with van der Waals surface area (Å²) in [7, 11) is -1.26. The van der Waals surface area contributed by atoms with Crippen molar-refractivity contribution < 1.29 is 18.9 Å². The number of nitrogens with one attached hydrogen (secondary N) is 1. The fourth-order valence-electron chi connectivity index (χ4n) is 1.36. The van der Waals surface area contributed by atoms with E-state index in [1.165, 1.54) is 6.92 Å². The molecule has 1 heterocycles. The Morgan fingerprint density at radius 1 is 1.56 bits per heavy atom. The van der Waals surface area contributed by atoms with Gasteiger partial charge in [0.15, 0.2) is 0 Å². The Balaban J connectivity index is 2.41. The van der Waals surface area contributed by atoms with Gasteiger partial charge in [-0.15, -0.1) is 11.3 Å². The molecule has 1 aromatic rings. The van der Waals surface area contributed by atoms with Gasteiger partial charge in [0.25, 0.3) is 0 Å². The third-order valence-corrected chi connectivity index (χ3v) is 4.49. The molecule has 0 bridgehead atoms. The maximum absolute atomic E-state index is 11.7. The summed E-state index contributed by atoms with van der Waals surface area (Å²) in [5.41, 5.74) is 0. The molecule has 1 amide bonds. The molecule has 0 aliphatic rings. The van der Waals surface area contributed by atoms with E-state index in [0.717, 1.165) is 4.88 Å². The first-order valence-electron chi connectivity index (χ1n) is 5.36. The minimum Gasteiger partial charge on any atom is -0.480 e. The maximum Gasteiger partial charge on any atom is 0.327 e. The standard InChI is InChI=1S/C11H15NO4S2/c1-8(13)12-10(11(14)15)7-18(16)6-4-9-3-2-5-17-9/h2-3,5,10H,4,6-7H2,1H3,(H,12,13)(H,14,15)/t10-,18?/m0/s1. The largest absolute Gasteiger partial charge is 0.480 e. The van der Waals surface area contributed by atoms with Gasteiger partial charge in [-0.1, -0.05) is 6.07 Å². The van der Waals surface area contributed by atoms with Crippen molar-refractivity contribution in [3.05, 3.63) is 22.4 Å². The lowest BCUT2D eigenvalue weighted by Gasteiger charge is -2.12. The first kappa shape index (κ1) is 14.8. The quantitative estimate of drug-likeness (QED) is 0.771. The van der Waals surface area contributed by atoms with Crippen molar-refractivity contribution in [3.8, 4) is 0 Å². The van der Waals surface area contributed by atoms with Gasteiger partial charge < -0.3 is 10.4 Å². The molecule has 1 aromatic heterocycles. The number of aryl methyl sites for hydroxylation is 1. The highest BCUT2D eigenvalue weighted by molar-refractivity contribution is 7.85. The van der Waals surface area contributed by atoms with E-state index in [4.69, 9.17) is 5.11 Å². The lowest BCUT2D eigenvalue weighted by molar-refractivity contribution is -0.140. The molecular weight excluding hydrogens is 274 g/mol. The Hall–Kier alpha value is -1.21. The highest BCUT2D eigenvalue weighted by Gasteiger charge is 2.21. The highest BCUT2D eigenvalue weighted by atomic mass is 32.2. The predicted molar refractivity (Wildman–Crippen MR) is 71.1 cm³/mol. The van der Waals surface area contributed by atoms with E-state index in [0.29, 0.717) is 12.2 Å². The van der Waals surface area contributed by atoms with Crippen molar-refractivity contribution in [2.24, 2.45) is 0 Å². The van der Waals surface area contributed by atoms with Crippen LogP contribution in [0.2, 0.25) is 0 Å². The van der Waals surface area contributed by atoms with Crippen molar-refractivity contribution >= 4 is 34.0 Å². The van der Waals surface area contributed by atoms with Crippen LogP contribution in [0.25, 0.3) is 0 Å². The minimum atomic E-state index is -1.26. The van der Waals surface area contributed by atoms with Crippen LogP contribution in [0.3, 0.4) is 0 Å². The van der Waals surface area contributed by atoms with Crippen LogP contribution in [-0.2, 0) is 26.8 Å². The molecule has 0 radical (unpaired) electrons. The summed E-state index contributed by atoms with van der Waals surface area (Å²) < 4.78 is 11.7. The molecule has 0 aliphatic heterocycles. The third-order valence-electron chi connectivity index (χ3n) is 2.18. The van der Waals surface area contributed by atoms with Crippen LogP contribution < -0.4 is 5.32 Å². The molecule has 5 nitrogen and oxygen atoms in total. The number of carboxylic acid groups (broad SMARTS) is 1. The summed E-state index contributed by atoms with van der Waals surface area (Å²) in [5, 5.41) is 13.1. The van der Waals surface area contributed by atoms with Crippen LogP contribution in [0.15, 0.2) is 17.5 Å². The molecule has 0 aromatic carbocycles. The fourth-order valence-corrected chi connectivity index (χ4v) is 3.41. The molecule has 100 valence electrons. The van der Waals surface area contributed by atoms with Gasteiger partial charge in [-0.2, -0.15) is 0 Å². The van der Waals surface area contributed by atoms with Gasteiger partial charge in [-0.05, 0) is 17.9 Å². The molecule has 1 rings (SSSR count). The van der Waals surface area contributed by atoms with Gasteiger partial charge in [0.2, 0.25) is 5.91 Å². The Labute approximate surface area is 112 Å². The molecule has 1 unspecified atom stereocenters. The van der Waals surface area contributed by atoms with Crippen molar-refractivity contribution in [1.29, 1.82) is 0 Å². The average molecular weight is 289 g/mol. The Morgan fingerprint density at radius 3 is 2.78 bits per heavy atom. The van der Waals surface area contributed by atoms with Gasteiger partial charge in [-0.3, -0.25) is 9.00 Å². The molecular formula is C11H15NO4S2. The number of aliphatic carboxylic acids is 1. The summed E-state index contributed by atoms with van der Waals surface area (Å²) >= 11 is 1.58. The van der Waals surface area contributed by atoms with Crippen LogP contribution >= 0.6 is 11.3 Å². The summed E-state index contributed by atoms with van der Waals surface area (Å²) in [5.74, 6) is -1.24. The zero-order valence-electron chi connectivity index (χ0n) is 9.92. The topological polar surface area (TPSA) is 83.5 Å².